The van der Waals surface area contributed by atoms with Crippen LogP contribution in [0.25, 0.3) is 11.3 Å². The van der Waals surface area contributed by atoms with Crippen LogP contribution in [0.5, 0.6) is 0 Å². The van der Waals surface area contributed by atoms with E-state index in [-0.39, 0.29) is 0 Å². The molecule has 2 heterocycles. The van der Waals surface area contributed by atoms with Crippen LogP contribution in [0.15, 0.2) is 59.5 Å². The average Bonchev–Trinajstić information content (AvgIpc) is 2.68. The third-order valence-electron chi connectivity index (χ3n) is 5.44. The molecule has 0 aliphatic carbocycles. The Hall–Kier alpha value is -2.86. The number of hydrogen-bond acceptors (Lipinski definition) is 4. The Balaban J connectivity index is 1.79. The van der Waals surface area contributed by atoms with Crippen molar-refractivity contribution in [2.45, 2.75) is 25.7 Å². The molecule has 6 heteroatoms. The summed E-state index contributed by atoms with van der Waals surface area (Å²) in [4.78, 5) is 7.00. The van der Waals surface area contributed by atoms with Gasteiger partial charge in [0.15, 0.2) is 0 Å². The highest BCUT2D eigenvalue weighted by molar-refractivity contribution is 7.93. The second-order valence-corrected chi connectivity index (χ2v) is 9.42. The van der Waals surface area contributed by atoms with Crippen LogP contribution in [-0.4, -0.2) is 33.5 Å². The maximum Gasteiger partial charge on any atom is 0.264 e. The van der Waals surface area contributed by atoms with Gasteiger partial charge in [0, 0.05) is 24.8 Å². The fourth-order valence-electron chi connectivity index (χ4n) is 3.91. The van der Waals surface area contributed by atoms with Gasteiger partial charge in [-0.15, -0.1) is 0 Å². The standard InChI is InChI=1S/C23H25N3O2S/c1-16-7-5-10-21-23(16)26(14-13-25(21)4)29(27,28)22-12-11-19(15-17(22)2)20-9-6-8-18(3)24-20/h5-12,15H,13-14H2,1-4H3. The van der Waals surface area contributed by atoms with Crippen LogP contribution in [0.4, 0.5) is 11.4 Å². The number of aromatic nitrogens is 1. The zero-order chi connectivity index (χ0) is 20.8. The molecule has 0 radical (unpaired) electrons. The van der Waals surface area contributed by atoms with Gasteiger partial charge in [-0.2, -0.15) is 0 Å². The Morgan fingerprint density at radius 2 is 1.66 bits per heavy atom. The third-order valence-corrected chi connectivity index (χ3v) is 7.40. The van der Waals surface area contributed by atoms with Crippen LogP contribution in [0.3, 0.4) is 0 Å². The van der Waals surface area contributed by atoms with Crippen molar-refractivity contribution in [1.82, 2.24) is 4.98 Å². The SMILES string of the molecule is Cc1cccc(-c2ccc(S(=O)(=O)N3CCN(C)c4cccc(C)c43)c(C)c2)n1. The number of aryl methyl sites for hydroxylation is 3. The van der Waals surface area contributed by atoms with E-state index in [0.29, 0.717) is 18.0 Å². The fourth-order valence-corrected chi connectivity index (χ4v) is 5.65. The summed E-state index contributed by atoms with van der Waals surface area (Å²) in [5.41, 5.74) is 6.08. The number of anilines is 2. The van der Waals surface area contributed by atoms with Crippen molar-refractivity contribution < 1.29 is 8.42 Å². The monoisotopic (exact) mass is 407 g/mol. The molecule has 0 amide bonds. The minimum Gasteiger partial charge on any atom is -0.371 e. The van der Waals surface area contributed by atoms with Gasteiger partial charge in [0.2, 0.25) is 0 Å². The van der Waals surface area contributed by atoms with Crippen LogP contribution in [-0.2, 0) is 10.0 Å². The molecule has 2 aromatic carbocycles. The minimum atomic E-state index is -3.67. The zero-order valence-corrected chi connectivity index (χ0v) is 18.0. The van der Waals surface area contributed by atoms with Gasteiger partial charge in [0.1, 0.15) is 0 Å². The van der Waals surface area contributed by atoms with Crippen molar-refractivity contribution >= 4 is 21.4 Å². The topological polar surface area (TPSA) is 53.5 Å². The summed E-state index contributed by atoms with van der Waals surface area (Å²) in [5.74, 6) is 0. The molecule has 0 fully saturated rings. The molecule has 150 valence electrons. The number of hydrogen-bond donors (Lipinski definition) is 0. The molecule has 3 aromatic rings. The average molecular weight is 408 g/mol. The first-order valence-corrected chi connectivity index (χ1v) is 11.1. The summed E-state index contributed by atoms with van der Waals surface area (Å²) in [6, 6.07) is 17.2. The molecule has 29 heavy (non-hydrogen) atoms. The molecule has 0 saturated carbocycles. The van der Waals surface area contributed by atoms with E-state index in [0.717, 1.165) is 39.5 Å². The number of para-hydroxylation sites is 1. The Morgan fingerprint density at radius 1 is 0.897 bits per heavy atom. The van der Waals surface area contributed by atoms with Crippen molar-refractivity contribution in [1.29, 1.82) is 0 Å². The summed E-state index contributed by atoms with van der Waals surface area (Å²) in [6.07, 6.45) is 0. The molecule has 5 nitrogen and oxygen atoms in total. The second-order valence-electron chi connectivity index (χ2n) is 7.59. The Morgan fingerprint density at radius 3 is 2.38 bits per heavy atom. The van der Waals surface area contributed by atoms with Gasteiger partial charge in [-0.1, -0.05) is 24.3 Å². The van der Waals surface area contributed by atoms with E-state index in [1.54, 1.807) is 10.4 Å². The maximum absolute atomic E-state index is 13.6. The van der Waals surface area contributed by atoms with Gasteiger partial charge in [-0.05, 0) is 62.2 Å². The molecular weight excluding hydrogens is 382 g/mol. The number of nitrogens with zero attached hydrogens (tertiary/aromatic N) is 3. The van der Waals surface area contributed by atoms with Crippen molar-refractivity contribution in [3.8, 4) is 11.3 Å². The highest BCUT2D eigenvalue weighted by Crippen LogP contribution is 2.39. The lowest BCUT2D eigenvalue weighted by Crippen LogP contribution is -2.43. The van der Waals surface area contributed by atoms with Crippen molar-refractivity contribution in [3.63, 3.8) is 0 Å². The maximum atomic E-state index is 13.6. The van der Waals surface area contributed by atoms with Crippen LogP contribution in [0.2, 0.25) is 0 Å². The first-order chi connectivity index (χ1) is 13.8. The molecule has 1 aliphatic rings. The molecule has 4 rings (SSSR count). The van der Waals surface area contributed by atoms with Crippen LogP contribution in [0, 0.1) is 20.8 Å². The largest absolute Gasteiger partial charge is 0.371 e. The van der Waals surface area contributed by atoms with E-state index in [2.05, 4.69) is 9.88 Å². The molecule has 0 spiro atoms. The summed E-state index contributed by atoms with van der Waals surface area (Å²) in [5, 5.41) is 0. The molecule has 0 atom stereocenters. The second kappa shape index (κ2) is 7.19. The quantitative estimate of drug-likeness (QED) is 0.649. The highest BCUT2D eigenvalue weighted by atomic mass is 32.2. The normalized spacial score (nSPS) is 14.1. The van der Waals surface area contributed by atoms with Gasteiger partial charge < -0.3 is 4.90 Å². The highest BCUT2D eigenvalue weighted by Gasteiger charge is 2.33. The van der Waals surface area contributed by atoms with Gasteiger partial charge >= 0.3 is 0 Å². The molecule has 0 N–H and O–H groups in total. The van der Waals surface area contributed by atoms with Gasteiger partial charge in [-0.3, -0.25) is 9.29 Å². The predicted octanol–water partition coefficient (Wildman–Crippen LogP) is 4.32. The number of sulfonamides is 1. The van der Waals surface area contributed by atoms with E-state index in [9.17, 15) is 8.42 Å². The Bertz CT molecular complexity index is 1190. The van der Waals surface area contributed by atoms with Crippen LogP contribution < -0.4 is 9.21 Å². The first-order valence-electron chi connectivity index (χ1n) is 9.67. The van der Waals surface area contributed by atoms with Crippen molar-refractivity contribution in [3.05, 3.63) is 71.4 Å². The van der Waals surface area contributed by atoms with E-state index >= 15 is 0 Å². The van der Waals surface area contributed by atoms with Crippen molar-refractivity contribution in [2.24, 2.45) is 0 Å². The number of likely N-dealkylation sites (N-methyl/N-ethyl adjacent to an activating group) is 1. The molecule has 0 saturated heterocycles. The summed E-state index contributed by atoms with van der Waals surface area (Å²) in [7, 11) is -1.68. The molecular formula is C23H25N3O2S. The van der Waals surface area contributed by atoms with E-state index in [1.165, 1.54) is 0 Å². The zero-order valence-electron chi connectivity index (χ0n) is 17.2. The van der Waals surface area contributed by atoms with Crippen LogP contribution in [0.1, 0.15) is 16.8 Å². The summed E-state index contributed by atoms with van der Waals surface area (Å²) in [6.45, 7) is 6.83. The Kier molecular flexibility index (Phi) is 4.82. The first kappa shape index (κ1) is 19.5. The number of fused-ring (bicyclic) bond motifs is 1. The lowest BCUT2D eigenvalue weighted by molar-refractivity contribution is 0.588. The molecule has 1 aliphatic heterocycles. The molecule has 0 unspecified atom stereocenters. The molecule has 0 bridgehead atoms. The van der Waals surface area contributed by atoms with E-state index in [4.69, 9.17) is 0 Å². The smallest absolute Gasteiger partial charge is 0.264 e. The number of benzene rings is 2. The minimum absolute atomic E-state index is 0.340. The van der Waals surface area contributed by atoms with Crippen LogP contribution >= 0.6 is 0 Å². The van der Waals surface area contributed by atoms with Gasteiger partial charge in [0.05, 0.1) is 28.5 Å². The van der Waals surface area contributed by atoms with Crippen molar-refractivity contribution in [2.75, 3.05) is 29.3 Å². The lowest BCUT2D eigenvalue weighted by atomic mass is 10.1. The van der Waals surface area contributed by atoms with Gasteiger partial charge in [-0.25, -0.2) is 8.42 Å². The lowest BCUT2D eigenvalue weighted by Gasteiger charge is -2.37. The van der Waals surface area contributed by atoms with E-state index < -0.39 is 10.0 Å². The Labute approximate surface area is 172 Å². The third kappa shape index (κ3) is 3.38. The number of pyridine rings is 1. The van der Waals surface area contributed by atoms with Gasteiger partial charge in [0.25, 0.3) is 10.0 Å². The summed E-state index contributed by atoms with van der Waals surface area (Å²) >= 11 is 0. The predicted molar refractivity (Wildman–Crippen MR) is 118 cm³/mol. The summed E-state index contributed by atoms with van der Waals surface area (Å²) < 4.78 is 28.8. The fraction of sp³-hybridized carbons (Fsp3) is 0.261. The van der Waals surface area contributed by atoms with E-state index in [1.807, 2.05) is 76.3 Å². The number of rotatable bonds is 3. The molecule has 1 aromatic heterocycles.